The molecule has 4 aromatic rings. The standard InChI is InChI=1S/C31H27F4N/c1-2-3-4-20-5-9-23(28(32)16-20)10-6-21-8-14-26-25(15-21)13-12-24(31(26)35)11-7-22-17-29(33)27(19-36)30(34)18-22/h5,8-9,12-18H,2-4,6-7,10-11H2,1H3. The van der Waals surface area contributed by atoms with Crippen LogP contribution in [0.15, 0.2) is 60.7 Å². The molecule has 4 rings (SSSR count). The third kappa shape index (κ3) is 5.76. The molecule has 0 aromatic heterocycles. The molecule has 4 aromatic carbocycles. The molecule has 0 saturated carbocycles. The molecule has 0 amide bonds. The van der Waals surface area contributed by atoms with Crippen LogP contribution in [-0.2, 0) is 32.1 Å². The summed E-state index contributed by atoms with van der Waals surface area (Å²) in [5.74, 6) is -2.36. The van der Waals surface area contributed by atoms with Gasteiger partial charge in [-0.15, -0.1) is 0 Å². The summed E-state index contributed by atoms with van der Waals surface area (Å²) in [6.07, 6.45) is 4.70. The summed E-state index contributed by atoms with van der Waals surface area (Å²) in [6.45, 7) is 2.11. The predicted molar refractivity (Wildman–Crippen MR) is 135 cm³/mol. The van der Waals surface area contributed by atoms with Gasteiger partial charge in [0.15, 0.2) is 0 Å². The maximum atomic E-state index is 15.2. The maximum absolute atomic E-state index is 15.2. The van der Waals surface area contributed by atoms with Gasteiger partial charge in [-0.3, -0.25) is 0 Å². The van der Waals surface area contributed by atoms with Gasteiger partial charge in [0.2, 0.25) is 0 Å². The molecule has 0 aliphatic carbocycles. The monoisotopic (exact) mass is 489 g/mol. The number of halogens is 4. The van der Waals surface area contributed by atoms with Gasteiger partial charge in [-0.2, -0.15) is 5.26 Å². The summed E-state index contributed by atoms with van der Waals surface area (Å²) >= 11 is 0. The second-order valence-corrected chi connectivity index (χ2v) is 9.17. The number of fused-ring (bicyclic) bond motifs is 1. The normalized spacial score (nSPS) is 11.1. The average molecular weight is 490 g/mol. The Bertz CT molecular complexity index is 1410. The van der Waals surface area contributed by atoms with E-state index in [1.165, 1.54) is 6.07 Å². The van der Waals surface area contributed by atoms with Crippen molar-refractivity contribution in [2.24, 2.45) is 0 Å². The molecule has 1 nitrogen and oxygen atoms in total. The molecule has 36 heavy (non-hydrogen) atoms. The number of benzene rings is 4. The Labute approximate surface area is 209 Å². The van der Waals surface area contributed by atoms with Gasteiger partial charge in [0.25, 0.3) is 0 Å². The summed E-state index contributed by atoms with van der Waals surface area (Å²) in [5, 5.41) is 10.0. The third-order valence-electron chi connectivity index (χ3n) is 6.61. The van der Waals surface area contributed by atoms with Gasteiger partial charge in [-0.25, -0.2) is 17.6 Å². The van der Waals surface area contributed by atoms with Crippen LogP contribution in [-0.4, -0.2) is 0 Å². The van der Waals surface area contributed by atoms with Gasteiger partial charge in [-0.05, 0) is 89.9 Å². The van der Waals surface area contributed by atoms with Crippen molar-refractivity contribution in [3.8, 4) is 6.07 Å². The highest BCUT2D eigenvalue weighted by Gasteiger charge is 2.13. The van der Waals surface area contributed by atoms with Gasteiger partial charge in [0.1, 0.15) is 34.9 Å². The van der Waals surface area contributed by atoms with Gasteiger partial charge < -0.3 is 0 Å². The van der Waals surface area contributed by atoms with Crippen molar-refractivity contribution in [1.82, 2.24) is 0 Å². The second kappa shape index (κ2) is 11.4. The van der Waals surface area contributed by atoms with Crippen molar-refractivity contribution in [2.45, 2.75) is 51.9 Å². The number of unbranched alkanes of at least 4 members (excludes halogenated alkanes) is 1. The van der Waals surface area contributed by atoms with Gasteiger partial charge in [0.05, 0.1) is 0 Å². The number of nitriles is 1. The SMILES string of the molecule is CCCCc1ccc(CCc2ccc3c(F)c(CCc4cc(F)c(C#N)c(F)c4)ccc3c2)c(F)c1. The molecule has 0 radical (unpaired) electrons. The van der Waals surface area contributed by atoms with Crippen LogP contribution in [0.3, 0.4) is 0 Å². The van der Waals surface area contributed by atoms with E-state index in [9.17, 15) is 13.2 Å². The Kier molecular flexibility index (Phi) is 8.05. The minimum absolute atomic E-state index is 0.179. The van der Waals surface area contributed by atoms with Crippen molar-refractivity contribution in [3.63, 3.8) is 0 Å². The zero-order chi connectivity index (χ0) is 25.7. The fourth-order valence-corrected chi connectivity index (χ4v) is 4.50. The lowest BCUT2D eigenvalue weighted by molar-refractivity contribution is 0.572. The first-order chi connectivity index (χ1) is 17.4. The lowest BCUT2D eigenvalue weighted by atomic mass is 9.96. The topological polar surface area (TPSA) is 23.8 Å². The van der Waals surface area contributed by atoms with Crippen LogP contribution in [0, 0.1) is 34.6 Å². The molecule has 0 N–H and O–H groups in total. The van der Waals surface area contributed by atoms with Crippen LogP contribution >= 0.6 is 0 Å². The highest BCUT2D eigenvalue weighted by molar-refractivity contribution is 5.84. The fourth-order valence-electron chi connectivity index (χ4n) is 4.50. The summed E-state index contributed by atoms with van der Waals surface area (Å²) < 4.78 is 57.4. The third-order valence-corrected chi connectivity index (χ3v) is 6.61. The molecule has 5 heteroatoms. The molecule has 0 aliphatic heterocycles. The Morgan fingerprint density at radius 3 is 1.94 bits per heavy atom. The van der Waals surface area contributed by atoms with E-state index >= 15 is 4.39 Å². The number of aryl methyl sites for hydroxylation is 5. The van der Waals surface area contributed by atoms with Crippen LogP contribution in [0.2, 0.25) is 0 Å². The largest absolute Gasteiger partial charge is 0.207 e. The number of hydrogen-bond acceptors (Lipinski definition) is 1. The zero-order valence-corrected chi connectivity index (χ0v) is 20.2. The molecule has 0 spiro atoms. The lowest BCUT2D eigenvalue weighted by Crippen LogP contribution is -2.00. The summed E-state index contributed by atoms with van der Waals surface area (Å²) in [4.78, 5) is 0. The first-order valence-electron chi connectivity index (χ1n) is 12.2. The van der Waals surface area contributed by atoms with E-state index in [0.29, 0.717) is 34.9 Å². The van der Waals surface area contributed by atoms with E-state index in [1.54, 1.807) is 18.2 Å². The van der Waals surface area contributed by atoms with Crippen LogP contribution in [0.5, 0.6) is 0 Å². The molecule has 0 bridgehead atoms. The molecule has 0 fully saturated rings. The maximum Gasteiger partial charge on any atom is 0.144 e. The van der Waals surface area contributed by atoms with Gasteiger partial charge in [-0.1, -0.05) is 55.8 Å². The summed E-state index contributed by atoms with van der Waals surface area (Å²) in [7, 11) is 0. The molecule has 0 heterocycles. The molecule has 0 aliphatic rings. The van der Waals surface area contributed by atoms with Crippen molar-refractivity contribution in [3.05, 3.63) is 117 Å². The average Bonchev–Trinajstić information content (AvgIpc) is 2.86. The van der Waals surface area contributed by atoms with E-state index in [1.807, 2.05) is 30.3 Å². The van der Waals surface area contributed by atoms with Crippen LogP contribution in [0.1, 0.15) is 53.1 Å². The van der Waals surface area contributed by atoms with E-state index in [2.05, 4.69) is 6.92 Å². The second-order valence-electron chi connectivity index (χ2n) is 9.17. The molecular weight excluding hydrogens is 462 g/mol. The molecular formula is C31H27F4N. The van der Waals surface area contributed by atoms with Crippen molar-refractivity contribution in [1.29, 1.82) is 5.26 Å². The quantitative estimate of drug-likeness (QED) is 0.218. The number of rotatable bonds is 9. The lowest BCUT2D eigenvalue weighted by Gasteiger charge is -2.10. The number of hydrogen-bond donors (Lipinski definition) is 0. The highest BCUT2D eigenvalue weighted by atomic mass is 19.1. The minimum atomic E-state index is -0.911. The van der Waals surface area contributed by atoms with Crippen LogP contribution < -0.4 is 0 Å². The van der Waals surface area contributed by atoms with E-state index in [4.69, 9.17) is 5.26 Å². The molecule has 0 atom stereocenters. The summed E-state index contributed by atoms with van der Waals surface area (Å²) in [6, 6.07) is 18.2. The highest BCUT2D eigenvalue weighted by Crippen LogP contribution is 2.25. The molecule has 184 valence electrons. The Morgan fingerprint density at radius 1 is 0.639 bits per heavy atom. The van der Waals surface area contributed by atoms with Crippen molar-refractivity contribution >= 4 is 10.8 Å². The van der Waals surface area contributed by atoms with Gasteiger partial charge in [0, 0.05) is 5.39 Å². The first-order valence-corrected chi connectivity index (χ1v) is 12.2. The summed E-state index contributed by atoms with van der Waals surface area (Å²) in [5.41, 5.74) is 2.89. The predicted octanol–water partition coefficient (Wildman–Crippen LogP) is 8.18. The number of nitrogens with zero attached hydrogens (tertiary/aromatic N) is 1. The minimum Gasteiger partial charge on any atom is -0.207 e. The Hall–Kier alpha value is -3.65. The van der Waals surface area contributed by atoms with Crippen molar-refractivity contribution in [2.75, 3.05) is 0 Å². The molecule has 0 unspecified atom stereocenters. The molecule has 0 saturated heterocycles. The Morgan fingerprint density at radius 2 is 1.25 bits per heavy atom. The first kappa shape index (κ1) is 25.4. The van der Waals surface area contributed by atoms with E-state index in [-0.39, 0.29) is 24.5 Å². The Balaban J connectivity index is 1.44. The van der Waals surface area contributed by atoms with Gasteiger partial charge >= 0.3 is 0 Å². The van der Waals surface area contributed by atoms with E-state index in [0.717, 1.165) is 47.9 Å². The van der Waals surface area contributed by atoms with E-state index < -0.39 is 17.2 Å². The smallest absolute Gasteiger partial charge is 0.144 e. The van der Waals surface area contributed by atoms with Crippen LogP contribution in [0.25, 0.3) is 10.8 Å². The zero-order valence-electron chi connectivity index (χ0n) is 20.2. The fraction of sp³-hybridized carbons (Fsp3) is 0.258. The van der Waals surface area contributed by atoms with Crippen molar-refractivity contribution < 1.29 is 17.6 Å². The van der Waals surface area contributed by atoms with Crippen LogP contribution in [0.4, 0.5) is 17.6 Å².